The SMILES string of the molecule is CCC(=O)N1CCC[C@H]1C(=O)Nc1cc(C)on1. The molecule has 0 saturated carbocycles. The van der Waals surface area contributed by atoms with Gasteiger partial charge in [-0.2, -0.15) is 0 Å². The molecular weight excluding hydrogens is 234 g/mol. The van der Waals surface area contributed by atoms with Crippen LogP contribution in [0.1, 0.15) is 31.9 Å². The molecule has 1 atom stereocenters. The van der Waals surface area contributed by atoms with Crippen LogP contribution in [-0.2, 0) is 9.59 Å². The van der Waals surface area contributed by atoms with E-state index in [-0.39, 0.29) is 17.9 Å². The lowest BCUT2D eigenvalue weighted by atomic mass is 10.2. The van der Waals surface area contributed by atoms with Gasteiger partial charge < -0.3 is 14.7 Å². The molecule has 0 unspecified atom stereocenters. The summed E-state index contributed by atoms with van der Waals surface area (Å²) in [4.78, 5) is 25.4. The van der Waals surface area contributed by atoms with Gasteiger partial charge in [0.1, 0.15) is 11.8 Å². The molecule has 6 heteroatoms. The van der Waals surface area contributed by atoms with Crippen LogP contribution in [0.3, 0.4) is 0 Å². The monoisotopic (exact) mass is 251 g/mol. The summed E-state index contributed by atoms with van der Waals surface area (Å²) in [5.74, 6) is 0.859. The number of carbonyl (C=O) groups is 2. The van der Waals surface area contributed by atoms with Crippen molar-refractivity contribution < 1.29 is 14.1 Å². The van der Waals surface area contributed by atoms with Crippen molar-refractivity contribution in [1.82, 2.24) is 10.1 Å². The minimum Gasteiger partial charge on any atom is -0.360 e. The predicted octanol–water partition coefficient (Wildman–Crippen LogP) is 1.32. The first-order valence-corrected chi connectivity index (χ1v) is 6.15. The fourth-order valence-electron chi connectivity index (χ4n) is 2.18. The third-order valence-corrected chi connectivity index (χ3v) is 3.06. The normalized spacial score (nSPS) is 19.0. The zero-order valence-electron chi connectivity index (χ0n) is 10.6. The highest BCUT2D eigenvalue weighted by Crippen LogP contribution is 2.20. The van der Waals surface area contributed by atoms with Gasteiger partial charge in [-0.15, -0.1) is 0 Å². The van der Waals surface area contributed by atoms with Gasteiger partial charge in [-0.3, -0.25) is 9.59 Å². The smallest absolute Gasteiger partial charge is 0.248 e. The van der Waals surface area contributed by atoms with E-state index in [1.54, 1.807) is 24.8 Å². The van der Waals surface area contributed by atoms with Gasteiger partial charge in [0, 0.05) is 19.0 Å². The van der Waals surface area contributed by atoms with Crippen LogP contribution in [0.15, 0.2) is 10.6 Å². The van der Waals surface area contributed by atoms with Crippen molar-refractivity contribution in [3.63, 3.8) is 0 Å². The van der Waals surface area contributed by atoms with Crippen molar-refractivity contribution >= 4 is 17.6 Å². The number of hydrogen-bond donors (Lipinski definition) is 1. The van der Waals surface area contributed by atoms with E-state index < -0.39 is 0 Å². The summed E-state index contributed by atoms with van der Waals surface area (Å²) in [6, 6.07) is 1.27. The summed E-state index contributed by atoms with van der Waals surface area (Å²) < 4.78 is 4.88. The van der Waals surface area contributed by atoms with Crippen LogP contribution in [0.25, 0.3) is 0 Å². The maximum absolute atomic E-state index is 12.1. The predicted molar refractivity (Wildman–Crippen MR) is 64.9 cm³/mol. The Kier molecular flexibility index (Phi) is 3.64. The minimum atomic E-state index is -0.380. The van der Waals surface area contributed by atoms with E-state index in [1.165, 1.54) is 0 Å². The molecule has 0 spiro atoms. The number of nitrogens with zero attached hydrogens (tertiary/aromatic N) is 2. The van der Waals surface area contributed by atoms with Gasteiger partial charge in [-0.1, -0.05) is 12.1 Å². The molecule has 0 aromatic carbocycles. The Morgan fingerprint density at radius 1 is 1.61 bits per heavy atom. The molecule has 1 N–H and O–H groups in total. The summed E-state index contributed by atoms with van der Waals surface area (Å²) >= 11 is 0. The van der Waals surface area contributed by atoms with Crippen LogP contribution in [-0.4, -0.2) is 34.5 Å². The van der Waals surface area contributed by atoms with Gasteiger partial charge >= 0.3 is 0 Å². The summed E-state index contributed by atoms with van der Waals surface area (Å²) in [5, 5.41) is 6.38. The molecule has 1 aromatic heterocycles. The van der Waals surface area contributed by atoms with Crippen molar-refractivity contribution in [3.05, 3.63) is 11.8 Å². The Labute approximate surface area is 105 Å². The first-order valence-electron chi connectivity index (χ1n) is 6.15. The molecule has 0 bridgehead atoms. The van der Waals surface area contributed by atoms with Crippen molar-refractivity contribution in [1.29, 1.82) is 0 Å². The highest BCUT2D eigenvalue weighted by molar-refractivity contribution is 5.96. The van der Waals surface area contributed by atoms with E-state index in [0.717, 1.165) is 6.42 Å². The van der Waals surface area contributed by atoms with Crippen LogP contribution < -0.4 is 5.32 Å². The zero-order valence-corrected chi connectivity index (χ0v) is 10.6. The highest BCUT2D eigenvalue weighted by atomic mass is 16.5. The largest absolute Gasteiger partial charge is 0.360 e. The van der Waals surface area contributed by atoms with Gasteiger partial charge in [0.15, 0.2) is 5.82 Å². The molecule has 2 rings (SSSR count). The van der Waals surface area contributed by atoms with Gasteiger partial charge in [0.05, 0.1) is 0 Å². The van der Waals surface area contributed by atoms with Gasteiger partial charge in [0.25, 0.3) is 0 Å². The quantitative estimate of drug-likeness (QED) is 0.879. The number of rotatable bonds is 3. The second-order valence-corrected chi connectivity index (χ2v) is 4.41. The topological polar surface area (TPSA) is 75.4 Å². The van der Waals surface area contributed by atoms with Crippen molar-refractivity contribution in [2.45, 2.75) is 39.2 Å². The minimum absolute atomic E-state index is 0.0176. The molecule has 1 saturated heterocycles. The zero-order chi connectivity index (χ0) is 13.1. The second-order valence-electron chi connectivity index (χ2n) is 4.41. The van der Waals surface area contributed by atoms with Crippen molar-refractivity contribution in [3.8, 4) is 0 Å². The van der Waals surface area contributed by atoms with Crippen molar-refractivity contribution in [2.24, 2.45) is 0 Å². The average molecular weight is 251 g/mol. The number of hydrogen-bond acceptors (Lipinski definition) is 4. The van der Waals surface area contributed by atoms with Crippen LogP contribution in [0.2, 0.25) is 0 Å². The Bertz CT molecular complexity index is 455. The third-order valence-electron chi connectivity index (χ3n) is 3.06. The average Bonchev–Trinajstić information content (AvgIpc) is 2.97. The van der Waals surface area contributed by atoms with Gasteiger partial charge in [0.2, 0.25) is 11.8 Å². The summed E-state index contributed by atoms with van der Waals surface area (Å²) in [7, 11) is 0. The number of aromatic nitrogens is 1. The Balaban J connectivity index is 2.02. The van der Waals surface area contributed by atoms with Gasteiger partial charge in [-0.05, 0) is 19.8 Å². The highest BCUT2D eigenvalue weighted by Gasteiger charge is 2.33. The van der Waals surface area contributed by atoms with E-state index >= 15 is 0 Å². The molecule has 0 radical (unpaired) electrons. The third kappa shape index (κ3) is 2.52. The molecular formula is C12H17N3O3. The van der Waals surface area contributed by atoms with E-state index in [4.69, 9.17) is 4.52 Å². The van der Waals surface area contributed by atoms with E-state index in [9.17, 15) is 9.59 Å². The Morgan fingerprint density at radius 2 is 2.39 bits per heavy atom. The molecule has 98 valence electrons. The lowest BCUT2D eigenvalue weighted by molar-refractivity contribution is -0.136. The standard InChI is InChI=1S/C12H17N3O3/c1-3-11(16)15-6-4-5-9(15)12(17)13-10-7-8(2)18-14-10/h7,9H,3-6H2,1-2H3,(H,13,14,17)/t9-/m0/s1. The van der Waals surface area contributed by atoms with E-state index in [0.29, 0.717) is 31.0 Å². The molecule has 0 aliphatic carbocycles. The summed E-state index contributed by atoms with van der Waals surface area (Å²) in [6.07, 6.45) is 1.99. The molecule has 2 heterocycles. The number of carbonyl (C=O) groups excluding carboxylic acids is 2. The molecule has 2 amide bonds. The van der Waals surface area contributed by atoms with Gasteiger partial charge in [-0.25, -0.2) is 0 Å². The van der Waals surface area contributed by atoms with Crippen LogP contribution in [0.5, 0.6) is 0 Å². The fourth-order valence-corrected chi connectivity index (χ4v) is 2.18. The maximum Gasteiger partial charge on any atom is 0.248 e. The van der Waals surface area contributed by atoms with E-state index in [2.05, 4.69) is 10.5 Å². The molecule has 1 fully saturated rings. The number of nitrogens with one attached hydrogen (secondary N) is 1. The number of aryl methyl sites for hydroxylation is 1. The maximum atomic E-state index is 12.1. The fraction of sp³-hybridized carbons (Fsp3) is 0.583. The summed E-state index contributed by atoms with van der Waals surface area (Å²) in [5.41, 5.74) is 0. The number of likely N-dealkylation sites (tertiary alicyclic amines) is 1. The molecule has 1 aromatic rings. The first kappa shape index (κ1) is 12.6. The van der Waals surface area contributed by atoms with Crippen LogP contribution >= 0.6 is 0 Å². The van der Waals surface area contributed by atoms with Crippen LogP contribution in [0, 0.1) is 6.92 Å². The van der Waals surface area contributed by atoms with Crippen molar-refractivity contribution in [2.75, 3.05) is 11.9 Å². The number of amides is 2. The Hall–Kier alpha value is -1.85. The second kappa shape index (κ2) is 5.20. The lowest BCUT2D eigenvalue weighted by Crippen LogP contribution is -2.42. The summed E-state index contributed by atoms with van der Waals surface area (Å²) in [6.45, 7) is 4.21. The number of anilines is 1. The first-order chi connectivity index (χ1) is 8.61. The Morgan fingerprint density at radius 3 is 3.00 bits per heavy atom. The molecule has 1 aliphatic heterocycles. The molecule has 18 heavy (non-hydrogen) atoms. The molecule has 1 aliphatic rings. The molecule has 6 nitrogen and oxygen atoms in total. The lowest BCUT2D eigenvalue weighted by Gasteiger charge is -2.22. The van der Waals surface area contributed by atoms with E-state index in [1.807, 2.05) is 0 Å². The van der Waals surface area contributed by atoms with Crippen LogP contribution in [0.4, 0.5) is 5.82 Å².